The van der Waals surface area contributed by atoms with Crippen molar-refractivity contribution >= 4 is 20.7 Å². The largest absolute Gasteiger partial charge is 0.496 e. The van der Waals surface area contributed by atoms with Gasteiger partial charge < -0.3 is 14.8 Å². The van der Waals surface area contributed by atoms with Crippen molar-refractivity contribution in [2.75, 3.05) is 13.4 Å². The number of alkyl halides is 3. The van der Waals surface area contributed by atoms with Gasteiger partial charge in [-0.05, 0) is 36.1 Å². The average Bonchev–Trinajstić information content (AvgIpc) is 3.07. The van der Waals surface area contributed by atoms with Crippen LogP contribution in [0.3, 0.4) is 0 Å². The zero-order valence-corrected chi connectivity index (χ0v) is 19.9. The number of H-pyrrole nitrogens is 1. The van der Waals surface area contributed by atoms with Crippen LogP contribution in [0.1, 0.15) is 37.1 Å². The van der Waals surface area contributed by atoms with Gasteiger partial charge in [0.15, 0.2) is 15.4 Å². The first-order chi connectivity index (χ1) is 15.6. The van der Waals surface area contributed by atoms with E-state index in [1.54, 1.807) is 24.3 Å². The van der Waals surface area contributed by atoms with E-state index < -0.39 is 39.9 Å². The summed E-state index contributed by atoms with van der Waals surface area (Å²) in [6, 6.07) is 12.5. The quantitative estimate of drug-likeness (QED) is 0.498. The third kappa shape index (κ3) is 4.76. The van der Waals surface area contributed by atoms with E-state index in [2.05, 4.69) is 4.98 Å². The number of fused-ring (bicyclic) bond motifs is 1. The molecule has 0 aliphatic carbocycles. The van der Waals surface area contributed by atoms with Gasteiger partial charge in [0.25, 0.3) is 0 Å². The van der Waals surface area contributed by atoms with Crippen LogP contribution in [-0.2, 0) is 21.7 Å². The van der Waals surface area contributed by atoms with Crippen molar-refractivity contribution in [1.29, 1.82) is 5.26 Å². The van der Waals surface area contributed by atoms with Gasteiger partial charge in [-0.15, -0.1) is 0 Å². The number of hydrogen-bond acceptors (Lipinski definition) is 5. The maximum Gasteiger partial charge on any atom is 0.417 e. The predicted molar refractivity (Wildman–Crippen MR) is 121 cm³/mol. The Bertz CT molecular complexity index is 1370. The summed E-state index contributed by atoms with van der Waals surface area (Å²) in [6.07, 6.45) is -5.74. The number of rotatable bonds is 7. The van der Waals surface area contributed by atoms with Crippen LogP contribution >= 0.6 is 0 Å². The number of aromatic amines is 1. The van der Waals surface area contributed by atoms with Crippen LogP contribution in [0.5, 0.6) is 5.75 Å². The predicted octanol–water partition coefficient (Wildman–Crippen LogP) is 4.66. The lowest BCUT2D eigenvalue weighted by molar-refractivity contribution is -0.266. The molecule has 34 heavy (non-hydrogen) atoms. The fourth-order valence-corrected chi connectivity index (χ4v) is 4.93. The molecule has 0 amide bonds. The number of hydrogen-bond donors (Lipinski definition) is 2. The second-order valence-corrected chi connectivity index (χ2v) is 11.1. The molecule has 0 aliphatic heterocycles. The first-order valence-electron chi connectivity index (χ1n) is 10.3. The molecular weight excluding hydrogens is 469 g/mol. The summed E-state index contributed by atoms with van der Waals surface area (Å²) >= 11 is 0. The summed E-state index contributed by atoms with van der Waals surface area (Å²) < 4.78 is 72.3. The molecule has 0 saturated heterocycles. The number of aliphatic hydroxyl groups is 1. The van der Waals surface area contributed by atoms with Crippen molar-refractivity contribution in [3.05, 3.63) is 59.3 Å². The average molecular weight is 495 g/mol. The summed E-state index contributed by atoms with van der Waals surface area (Å²) in [5, 5.41) is 21.1. The van der Waals surface area contributed by atoms with E-state index in [0.717, 1.165) is 6.26 Å². The van der Waals surface area contributed by atoms with Gasteiger partial charge in [0, 0.05) is 34.8 Å². The Hall–Kier alpha value is -3.03. The molecule has 182 valence electrons. The molecule has 1 atom stereocenters. The molecule has 1 heterocycles. The maximum atomic E-state index is 14.3. The molecule has 3 aromatic rings. The van der Waals surface area contributed by atoms with Gasteiger partial charge in [-0.2, -0.15) is 18.4 Å². The Labute approximate surface area is 195 Å². The number of nitriles is 1. The van der Waals surface area contributed by atoms with E-state index >= 15 is 0 Å². The van der Waals surface area contributed by atoms with E-state index in [1.807, 2.05) is 6.07 Å². The lowest BCUT2D eigenvalue weighted by atomic mass is 9.73. The van der Waals surface area contributed by atoms with Crippen molar-refractivity contribution < 1.29 is 31.4 Å². The molecule has 0 bridgehead atoms. The van der Waals surface area contributed by atoms with E-state index in [4.69, 9.17) is 4.74 Å². The lowest BCUT2D eigenvalue weighted by Crippen LogP contribution is -2.51. The van der Waals surface area contributed by atoms with Crippen LogP contribution in [-0.4, -0.2) is 43.7 Å². The van der Waals surface area contributed by atoms with Gasteiger partial charge in [-0.25, -0.2) is 8.42 Å². The van der Waals surface area contributed by atoms with Gasteiger partial charge in [0.2, 0.25) is 0 Å². The van der Waals surface area contributed by atoms with Crippen LogP contribution in [0, 0.1) is 11.3 Å². The number of halogens is 3. The molecule has 10 heteroatoms. The Morgan fingerprint density at radius 1 is 1.15 bits per heavy atom. The number of ether oxygens (including phenoxy) is 1. The minimum atomic E-state index is -5.05. The molecule has 0 radical (unpaired) electrons. The number of nitrogens with one attached hydrogen (secondary N) is 1. The zero-order chi connectivity index (χ0) is 25.5. The van der Waals surface area contributed by atoms with Crippen LogP contribution in [0.25, 0.3) is 10.9 Å². The molecule has 3 rings (SSSR count). The molecular formula is C24H25F3N2O4S. The number of benzene rings is 2. The van der Waals surface area contributed by atoms with Crippen LogP contribution < -0.4 is 4.74 Å². The Balaban J connectivity index is 2.11. The standard InChI is InChI=1S/C24H25F3N2O4S/c1-22(2,18-11-15(34(4,31)32)9-10-21(18)33-3)14-23(30,24(25,26)27)12-20-17(13-28)16-7-5-6-8-19(16)29-20/h5-11,29-30H,12,14H2,1-4H3. The Morgan fingerprint density at radius 3 is 2.35 bits per heavy atom. The highest BCUT2D eigenvalue weighted by Crippen LogP contribution is 2.46. The molecule has 1 unspecified atom stereocenters. The van der Waals surface area contributed by atoms with Crippen molar-refractivity contribution in [3.8, 4) is 11.8 Å². The first-order valence-corrected chi connectivity index (χ1v) is 12.2. The number of nitrogens with zero attached hydrogens (tertiary/aromatic N) is 1. The topological polar surface area (TPSA) is 103 Å². The number of methoxy groups -OCH3 is 1. The molecule has 0 aliphatic rings. The van der Waals surface area contributed by atoms with Crippen LogP contribution in [0.2, 0.25) is 0 Å². The molecule has 1 aromatic heterocycles. The van der Waals surface area contributed by atoms with E-state index in [0.29, 0.717) is 10.9 Å². The second kappa shape index (κ2) is 8.64. The highest BCUT2D eigenvalue weighted by molar-refractivity contribution is 7.90. The minimum Gasteiger partial charge on any atom is -0.496 e. The summed E-state index contributed by atoms with van der Waals surface area (Å²) in [6.45, 7) is 2.95. The van der Waals surface area contributed by atoms with E-state index in [1.165, 1.54) is 39.2 Å². The summed E-state index contributed by atoms with van der Waals surface area (Å²) in [7, 11) is -2.31. The van der Waals surface area contributed by atoms with E-state index in [-0.39, 0.29) is 27.5 Å². The minimum absolute atomic E-state index is 0.0313. The molecule has 0 spiro atoms. The Morgan fingerprint density at radius 2 is 1.79 bits per heavy atom. The van der Waals surface area contributed by atoms with E-state index in [9.17, 15) is 32.0 Å². The molecule has 6 nitrogen and oxygen atoms in total. The number of para-hydroxylation sites is 1. The van der Waals surface area contributed by atoms with Gasteiger partial charge in [-0.3, -0.25) is 0 Å². The smallest absolute Gasteiger partial charge is 0.417 e. The molecule has 0 fully saturated rings. The molecule has 2 aromatic carbocycles. The van der Waals surface area contributed by atoms with Crippen molar-refractivity contribution in [2.45, 2.75) is 48.8 Å². The normalized spacial score (nSPS) is 14.6. The SMILES string of the molecule is COc1ccc(S(C)(=O)=O)cc1C(C)(C)CC(O)(Cc1[nH]c2ccccc2c1C#N)C(F)(F)F. The monoisotopic (exact) mass is 494 g/mol. The number of sulfone groups is 1. The van der Waals surface area contributed by atoms with Crippen LogP contribution in [0.4, 0.5) is 13.2 Å². The molecule has 2 N–H and O–H groups in total. The fourth-order valence-electron chi connectivity index (χ4n) is 4.29. The fraction of sp³-hybridized carbons (Fsp3) is 0.375. The van der Waals surface area contributed by atoms with Gasteiger partial charge in [-0.1, -0.05) is 32.0 Å². The Kier molecular flexibility index (Phi) is 6.50. The second-order valence-electron chi connectivity index (χ2n) is 9.04. The van der Waals surface area contributed by atoms with Crippen molar-refractivity contribution in [2.24, 2.45) is 0 Å². The summed E-state index contributed by atoms with van der Waals surface area (Å²) in [5.74, 6) is 0.199. The number of aromatic nitrogens is 1. The van der Waals surface area contributed by atoms with Crippen LogP contribution in [0.15, 0.2) is 47.4 Å². The van der Waals surface area contributed by atoms with Gasteiger partial charge in [0.1, 0.15) is 11.8 Å². The third-order valence-electron chi connectivity index (χ3n) is 5.96. The summed E-state index contributed by atoms with van der Waals surface area (Å²) in [5.41, 5.74) is -3.90. The lowest BCUT2D eigenvalue weighted by Gasteiger charge is -2.38. The van der Waals surface area contributed by atoms with Crippen molar-refractivity contribution in [1.82, 2.24) is 4.98 Å². The van der Waals surface area contributed by atoms with Gasteiger partial charge in [0.05, 0.1) is 17.6 Å². The maximum absolute atomic E-state index is 14.3. The highest BCUT2D eigenvalue weighted by Gasteiger charge is 2.56. The van der Waals surface area contributed by atoms with Crippen molar-refractivity contribution in [3.63, 3.8) is 0 Å². The third-order valence-corrected chi connectivity index (χ3v) is 7.07. The zero-order valence-electron chi connectivity index (χ0n) is 19.1. The first kappa shape index (κ1) is 25.6. The molecule has 0 saturated carbocycles. The highest BCUT2D eigenvalue weighted by atomic mass is 32.2. The van der Waals surface area contributed by atoms with Gasteiger partial charge >= 0.3 is 6.18 Å². The summed E-state index contributed by atoms with van der Waals surface area (Å²) in [4.78, 5) is 2.76.